The smallest absolute Gasteiger partial charge is 0.303 e. The molecule has 0 radical (unpaired) electrons. The Morgan fingerprint density at radius 1 is 1.37 bits per heavy atom. The lowest BCUT2D eigenvalue weighted by molar-refractivity contribution is -0.137. The van der Waals surface area contributed by atoms with Gasteiger partial charge in [-0.3, -0.25) is 9.59 Å². The number of carbonyl (C=O) groups is 2. The zero-order valence-electron chi connectivity index (χ0n) is 10.5. The molecule has 1 unspecified atom stereocenters. The van der Waals surface area contributed by atoms with Crippen LogP contribution in [0.5, 0.6) is 0 Å². The second-order valence-electron chi connectivity index (χ2n) is 4.79. The summed E-state index contributed by atoms with van der Waals surface area (Å²) in [5.41, 5.74) is 1.82. The number of aliphatic carboxylic acids is 1. The molecule has 5 heteroatoms. The molecule has 102 valence electrons. The van der Waals surface area contributed by atoms with Gasteiger partial charge in [0.1, 0.15) is 0 Å². The van der Waals surface area contributed by atoms with Gasteiger partial charge in [-0.05, 0) is 30.0 Å². The number of carboxylic acid groups (broad SMARTS) is 1. The van der Waals surface area contributed by atoms with Gasteiger partial charge in [0.25, 0.3) is 0 Å². The number of halogens is 1. The third-order valence-electron chi connectivity index (χ3n) is 3.30. The molecule has 1 aromatic rings. The second kappa shape index (κ2) is 6.06. The van der Waals surface area contributed by atoms with Gasteiger partial charge in [0, 0.05) is 31.0 Å². The number of alkyl halides is 1. The monoisotopic (exact) mass is 281 g/mol. The van der Waals surface area contributed by atoms with E-state index in [4.69, 9.17) is 16.7 Å². The van der Waals surface area contributed by atoms with Gasteiger partial charge in [-0.15, -0.1) is 11.6 Å². The van der Waals surface area contributed by atoms with Crippen molar-refractivity contribution in [2.24, 2.45) is 5.92 Å². The fraction of sp³-hybridized carbons (Fsp3) is 0.429. The maximum Gasteiger partial charge on any atom is 0.303 e. The van der Waals surface area contributed by atoms with Crippen LogP contribution < -0.4 is 4.90 Å². The molecule has 0 saturated carbocycles. The van der Waals surface area contributed by atoms with Crippen molar-refractivity contribution < 1.29 is 14.7 Å². The summed E-state index contributed by atoms with van der Waals surface area (Å²) in [6.07, 6.45) is 1.13. The summed E-state index contributed by atoms with van der Waals surface area (Å²) in [7, 11) is 0. The Kier molecular flexibility index (Phi) is 4.43. The Labute approximate surface area is 117 Å². The van der Waals surface area contributed by atoms with Gasteiger partial charge in [0.05, 0.1) is 0 Å². The molecular formula is C14H16ClNO3. The van der Waals surface area contributed by atoms with E-state index >= 15 is 0 Å². The van der Waals surface area contributed by atoms with E-state index in [0.29, 0.717) is 25.3 Å². The fourth-order valence-corrected chi connectivity index (χ4v) is 2.43. The molecule has 2 rings (SSSR count). The Morgan fingerprint density at radius 3 is 2.58 bits per heavy atom. The molecule has 4 nitrogen and oxygen atoms in total. The van der Waals surface area contributed by atoms with E-state index in [1.807, 2.05) is 24.3 Å². The lowest BCUT2D eigenvalue weighted by Gasteiger charge is -2.16. The maximum atomic E-state index is 11.8. The average Bonchev–Trinajstić information content (AvgIpc) is 2.78. The van der Waals surface area contributed by atoms with Crippen LogP contribution in [0.4, 0.5) is 5.69 Å². The van der Waals surface area contributed by atoms with Gasteiger partial charge < -0.3 is 10.0 Å². The van der Waals surface area contributed by atoms with Gasteiger partial charge in [0.15, 0.2) is 0 Å². The number of hydrogen-bond acceptors (Lipinski definition) is 2. The van der Waals surface area contributed by atoms with Gasteiger partial charge in [-0.2, -0.15) is 0 Å². The van der Waals surface area contributed by atoms with Crippen molar-refractivity contribution in [1.29, 1.82) is 0 Å². The number of amides is 1. The average molecular weight is 282 g/mol. The molecule has 1 aromatic carbocycles. The van der Waals surface area contributed by atoms with E-state index in [9.17, 15) is 9.59 Å². The number of carboxylic acids is 1. The predicted octanol–water partition coefficient (Wildman–Crippen LogP) is 2.30. The zero-order valence-corrected chi connectivity index (χ0v) is 11.3. The van der Waals surface area contributed by atoms with Crippen LogP contribution in [0.15, 0.2) is 24.3 Å². The standard InChI is InChI=1S/C14H16ClNO3/c15-8-11-7-13(17)16(9-11)12-4-1-10(2-5-12)3-6-14(18)19/h1-2,4-5,11H,3,6-9H2,(H,18,19). The van der Waals surface area contributed by atoms with Gasteiger partial charge in [-0.25, -0.2) is 0 Å². The summed E-state index contributed by atoms with van der Waals surface area (Å²) < 4.78 is 0. The van der Waals surface area contributed by atoms with Crippen LogP contribution in [0.2, 0.25) is 0 Å². The van der Waals surface area contributed by atoms with Crippen LogP contribution in [0.25, 0.3) is 0 Å². The van der Waals surface area contributed by atoms with E-state index in [-0.39, 0.29) is 18.2 Å². The number of carbonyl (C=O) groups excluding carboxylic acids is 1. The predicted molar refractivity (Wildman–Crippen MR) is 73.6 cm³/mol. The number of benzene rings is 1. The Morgan fingerprint density at radius 2 is 2.05 bits per heavy atom. The fourth-order valence-electron chi connectivity index (χ4n) is 2.23. The third-order valence-corrected chi connectivity index (χ3v) is 3.74. The summed E-state index contributed by atoms with van der Waals surface area (Å²) in [6.45, 7) is 0.663. The van der Waals surface area contributed by atoms with Crippen molar-refractivity contribution in [2.45, 2.75) is 19.3 Å². The highest BCUT2D eigenvalue weighted by Gasteiger charge is 2.29. The molecule has 1 fully saturated rings. The van der Waals surface area contributed by atoms with E-state index in [0.717, 1.165) is 11.3 Å². The quantitative estimate of drug-likeness (QED) is 0.843. The van der Waals surface area contributed by atoms with Gasteiger partial charge >= 0.3 is 5.97 Å². The molecule has 0 aromatic heterocycles. The minimum absolute atomic E-state index is 0.101. The first-order chi connectivity index (χ1) is 9.10. The van der Waals surface area contributed by atoms with E-state index in [2.05, 4.69) is 0 Å². The molecule has 1 aliphatic heterocycles. The first kappa shape index (κ1) is 13.9. The number of hydrogen-bond donors (Lipinski definition) is 1. The summed E-state index contributed by atoms with van der Waals surface area (Å²) in [4.78, 5) is 24.1. The van der Waals surface area contributed by atoms with Crippen LogP contribution in [0.3, 0.4) is 0 Å². The molecule has 1 atom stereocenters. The molecule has 0 spiro atoms. The number of nitrogens with zero attached hydrogens (tertiary/aromatic N) is 1. The molecule has 1 amide bonds. The van der Waals surface area contributed by atoms with Crippen molar-refractivity contribution in [3.8, 4) is 0 Å². The van der Waals surface area contributed by atoms with Crippen molar-refractivity contribution in [2.75, 3.05) is 17.3 Å². The SMILES string of the molecule is O=C(O)CCc1ccc(N2CC(CCl)CC2=O)cc1. The van der Waals surface area contributed by atoms with E-state index < -0.39 is 5.97 Å². The largest absolute Gasteiger partial charge is 0.481 e. The molecule has 1 heterocycles. The highest BCUT2D eigenvalue weighted by molar-refractivity contribution is 6.18. The minimum Gasteiger partial charge on any atom is -0.481 e. The van der Waals surface area contributed by atoms with Crippen LogP contribution in [-0.4, -0.2) is 29.4 Å². The Hall–Kier alpha value is -1.55. The van der Waals surface area contributed by atoms with Crippen LogP contribution >= 0.6 is 11.6 Å². The van der Waals surface area contributed by atoms with Crippen LogP contribution in [0, 0.1) is 5.92 Å². The number of aryl methyl sites for hydroxylation is 1. The lowest BCUT2D eigenvalue weighted by Crippen LogP contribution is -2.24. The van der Waals surface area contributed by atoms with Crippen molar-refractivity contribution in [3.05, 3.63) is 29.8 Å². The molecular weight excluding hydrogens is 266 g/mol. The third kappa shape index (κ3) is 3.47. The Bertz CT molecular complexity index is 472. The molecule has 0 bridgehead atoms. The molecule has 1 saturated heterocycles. The second-order valence-corrected chi connectivity index (χ2v) is 5.10. The summed E-state index contributed by atoms with van der Waals surface area (Å²) in [5, 5.41) is 8.63. The highest BCUT2D eigenvalue weighted by Crippen LogP contribution is 2.26. The van der Waals surface area contributed by atoms with Gasteiger partial charge in [-0.1, -0.05) is 12.1 Å². The van der Waals surface area contributed by atoms with Crippen molar-refractivity contribution in [1.82, 2.24) is 0 Å². The summed E-state index contributed by atoms with van der Waals surface area (Å²) >= 11 is 5.79. The molecule has 1 aliphatic rings. The van der Waals surface area contributed by atoms with E-state index in [1.165, 1.54) is 0 Å². The number of anilines is 1. The topological polar surface area (TPSA) is 57.6 Å². The first-order valence-corrected chi connectivity index (χ1v) is 6.80. The number of rotatable bonds is 5. The van der Waals surface area contributed by atoms with E-state index in [1.54, 1.807) is 4.90 Å². The zero-order chi connectivity index (χ0) is 13.8. The van der Waals surface area contributed by atoms with Crippen molar-refractivity contribution >= 4 is 29.2 Å². The highest BCUT2D eigenvalue weighted by atomic mass is 35.5. The Balaban J connectivity index is 2.02. The first-order valence-electron chi connectivity index (χ1n) is 6.27. The summed E-state index contributed by atoms with van der Waals surface area (Å²) in [6, 6.07) is 7.48. The molecule has 19 heavy (non-hydrogen) atoms. The summed E-state index contributed by atoms with van der Waals surface area (Å²) in [5.74, 6) is 0.0207. The van der Waals surface area contributed by atoms with Crippen LogP contribution in [0.1, 0.15) is 18.4 Å². The maximum absolute atomic E-state index is 11.8. The minimum atomic E-state index is -0.802. The lowest BCUT2D eigenvalue weighted by atomic mass is 10.1. The van der Waals surface area contributed by atoms with Crippen LogP contribution in [-0.2, 0) is 16.0 Å². The molecule has 1 N–H and O–H groups in total. The molecule has 0 aliphatic carbocycles. The van der Waals surface area contributed by atoms with Crippen molar-refractivity contribution in [3.63, 3.8) is 0 Å². The normalized spacial score (nSPS) is 18.9. The van der Waals surface area contributed by atoms with Gasteiger partial charge in [0.2, 0.25) is 5.91 Å².